The van der Waals surface area contributed by atoms with Crippen LogP contribution in [0.25, 0.3) is 0 Å². The minimum absolute atomic E-state index is 0.0469. The van der Waals surface area contributed by atoms with Crippen LogP contribution in [-0.2, 0) is 4.79 Å². The summed E-state index contributed by atoms with van der Waals surface area (Å²) < 4.78 is 0. The molecule has 13 heavy (non-hydrogen) atoms. The van der Waals surface area contributed by atoms with E-state index in [0.717, 1.165) is 24.8 Å². The Labute approximate surface area is 78.6 Å². The topological polar surface area (TPSA) is 37.3 Å². The van der Waals surface area contributed by atoms with Crippen LogP contribution in [0.2, 0.25) is 0 Å². The standard InChI is InChI=1S/C11H16O2/c1-11(2)8-6-4-3-5-7(8)9(12)10(11)13/h8,12H,3-6H2,1-2H3/t8-/m0/s1. The Hall–Kier alpha value is -0.790. The van der Waals surface area contributed by atoms with E-state index in [4.69, 9.17) is 0 Å². The van der Waals surface area contributed by atoms with Crippen molar-refractivity contribution in [3.8, 4) is 0 Å². The minimum atomic E-state index is -0.347. The van der Waals surface area contributed by atoms with Gasteiger partial charge in [-0.15, -0.1) is 0 Å². The van der Waals surface area contributed by atoms with Crippen LogP contribution >= 0.6 is 0 Å². The number of fused-ring (bicyclic) bond motifs is 1. The Morgan fingerprint density at radius 2 is 2.08 bits per heavy atom. The first-order valence-electron chi connectivity index (χ1n) is 5.02. The fraction of sp³-hybridized carbons (Fsp3) is 0.727. The lowest BCUT2D eigenvalue weighted by molar-refractivity contribution is -0.125. The van der Waals surface area contributed by atoms with Crippen molar-refractivity contribution in [2.75, 3.05) is 0 Å². The molecule has 2 aliphatic rings. The second-order valence-electron chi connectivity index (χ2n) is 4.72. The number of hydrogen-bond acceptors (Lipinski definition) is 2. The molecule has 0 radical (unpaired) electrons. The van der Waals surface area contributed by atoms with E-state index >= 15 is 0 Å². The number of carbonyl (C=O) groups is 1. The molecule has 0 aromatic heterocycles. The number of carbonyl (C=O) groups excluding carboxylic acids is 1. The van der Waals surface area contributed by atoms with E-state index in [9.17, 15) is 9.90 Å². The molecule has 1 atom stereocenters. The van der Waals surface area contributed by atoms with Gasteiger partial charge in [0.25, 0.3) is 0 Å². The van der Waals surface area contributed by atoms with Gasteiger partial charge in [-0.3, -0.25) is 4.79 Å². The van der Waals surface area contributed by atoms with E-state index < -0.39 is 0 Å². The molecule has 0 aliphatic heterocycles. The van der Waals surface area contributed by atoms with E-state index in [1.165, 1.54) is 6.42 Å². The maximum absolute atomic E-state index is 11.7. The Morgan fingerprint density at radius 1 is 1.38 bits per heavy atom. The van der Waals surface area contributed by atoms with Gasteiger partial charge in [-0.05, 0) is 30.8 Å². The number of hydrogen-bond donors (Lipinski definition) is 1. The third-order valence-electron chi connectivity index (χ3n) is 3.59. The summed E-state index contributed by atoms with van der Waals surface area (Å²) in [5.41, 5.74) is 0.682. The maximum Gasteiger partial charge on any atom is 0.203 e. The first-order chi connectivity index (χ1) is 6.05. The number of aliphatic hydroxyl groups is 1. The SMILES string of the molecule is CC1(C)C(=O)C(O)=C2CCCC[C@@H]21. The zero-order valence-electron chi connectivity index (χ0n) is 8.26. The van der Waals surface area contributed by atoms with Gasteiger partial charge in [0.1, 0.15) is 0 Å². The highest BCUT2D eigenvalue weighted by Gasteiger charge is 2.48. The first kappa shape index (κ1) is 8.79. The van der Waals surface area contributed by atoms with Gasteiger partial charge in [0.15, 0.2) is 5.76 Å². The molecule has 0 aromatic carbocycles. The van der Waals surface area contributed by atoms with Crippen molar-refractivity contribution in [2.45, 2.75) is 39.5 Å². The van der Waals surface area contributed by atoms with Crippen molar-refractivity contribution >= 4 is 5.78 Å². The Bertz CT molecular complexity index is 286. The summed E-state index contributed by atoms with van der Waals surface area (Å²) in [6.07, 6.45) is 4.31. The minimum Gasteiger partial charge on any atom is -0.504 e. The van der Waals surface area contributed by atoms with Crippen LogP contribution in [-0.4, -0.2) is 10.9 Å². The van der Waals surface area contributed by atoms with Crippen molar-refractivity contribution in [1.29, 1.82) is 0 Å². The molecule has 2 rings (SSSR count). The summed E-state index contributed by atoms with van der Waals surface area (Å²) in [6.45, 7) is 3.91. The van der Waals surface area contributed by atoms with E-state index in [2.05, 4.69) is 0 Å². The van der Waals surface area contributed by atoms with E-state index in [0.29, 0.717) is 5.92 Å². The molecule has 2 heteroatoms. The smallest absolute Gasteiger partial charge is 0.203 e. The predicted octanol–water partition coefficient (Wildman–Crippen LogP) is 2.60. The van der Waals surface area contributed by atoms with Gasteiger partial charge < -0.3 is 5.11 Å². The molecule has 2 nitrogen and oxygen atoms in total. The van der Waals surface area contributed by atoms with E-state index in [-0.39, 0.29) is 17.0 Å². The van der Waals surface area contributed by atoms with Crippen LogP contribution in [0, 0.1) is 11.3 Å². The van der Waals surface area contributed by atoms with Crippen LogP contribution in [0.5, 0.6) is 0 Å². The van der Waals surface area contributed by atoms with Crippen molar-refractivity contribution in [2.24, 2.45) is 11.3 Å². The number of ketones is 1. The summed E-state index contributed by atoms with van der Waals surface area (Å²) in [6, 6.07) is 0. The third kappa shape index (κ3) is 1.04. The lowest BCUT2D eigenvalue weighted by Crippen LogP contribution is -2.29. The van der Waals surface area contributed by atoms with Gasteiger partial charge in [-0.1, -0.05) is 20.3 Å². The quantitative estimate of drug-likeness (QED) is 0.622. The summed E-state index contributed by atoms with van der Waals surface area (Å²) in [7, 11) is 0. The molecule has 1 fully saturated rings. The van der Waals surface area contributed by atoms with Crippen molar-refractivity contribution in [3.05, 3.63) is 11.3 Å². The second kappa shape index (κ2) is 2.60. The van der Waals surface area contributed by atoms with Gasteiger partial charge in [0.05, 0.1) is 0 Å². The highest BCUT2D eigenvalue weighted by atomic mass is 16.3. The summed E-state index contributed by atoms with van der Waals surface area (Å²) in [4.78, 5) is 11.7. The Morgan fingerprint density at radius 3 is 2.69 bits per heavy atom. The lowest BCUT2D eigenvalue weighted by atomic mass is 9.72. The van der Waals surface area contributed by atoms with Crippen LogP contribution in [0.1, 0.15) is 39.5 Å². The maximum atomic E-state index is 11.7. The average molecular weight is 180 g/mol. The fourth-order valence-corrected chi connectivity index (χ4v) is 2.70. The Balaban J connectivity index is 2.41. The highest BCUT2D eigenvalue weighted by Crippen LogP contribution is 2.49. The van der Waals surface area contributed by atoms with Crippen molar-refractivity contribution < 1.29 is 9.90 Å². The molecule has 1 N–H and O–H groups in total. The van der Waals surface area contributed by atoms with Crippen LogP contribution in [0.3, 0.4) is 0 Å². The molecule has 0 bridgehead atoms. The molecule has 0 spiro atoms. The highest BCUT2D eigenvalue weighted by molar-refractivity contribution is 6.01. The molecule has 0 amide bonds. The lowest BCUT2D eigenvalue weighted by Gasteiger charge is -2.30. The molecule has 0 heterocycles. The summed E-state index contributed by atoms with van der Waals surface area (Å²) in [5, 5.41) is 9.66. The average Bonchev–Trinajstić information content (AvgIpc) is 2.30. The second-order valence-corrected chi connectivity index (χ2v) is 4.72. The molecule has 1 saturated carbocycles. The van der Waals surface area contributed by atoms with Crippen LogP contribution in [0.15, 0.2) is 11.3 Å². The number of aliphatic hydroxyl groups excluding tert-OH is 1. The van der Waals surface area contributed by atoms with E-state index in [1.807, 2.05) is 13.8 Å². The molecule has 72 valence electrons. The monoisotopic (exact) mass is 180 g/mol. The molecule has 0 aromatic rings. The number of allylic oxidation sites excluding steroid dienone is 2. The molecule has 2 aliphatic carbocycles. The van der Waals surface area contributed by atoms with Gasteiger partial charge in [0.2, 0.25) is 5.78 Å². The van der Waals surface area contributed by atoms with Gasteiger partial charge in [-0.2, -0.15) is 0 Å². The zero-order chi connectivity index (χ0) is 9.64. The third-order valence-corrected chi connectivity index (χ3v) is 3.59. The van der Waals surface area contributed by atoms with Crippen LogP contribution < -0.4 is 0 Å². The summed E-state index contributed by atoms with van der Waals surface area (Å²) in [5.74, 6) is 0.345. The van der Waals surface area contributed by atoms with Crippen LogP contribution in [0.4, 0.5) is 0 Å². The summed E-state index contributed by atoms with van der Waals surface area (Å²) >= 11 is 0. The van der Waals surface area contributed by atoms with E-state index in [1.54, 1.807) is 0 Å². The number of Topliss-reactive ketones (excluding diaryl/α,β-unsaturated/α-hetero) is 1. The molecule has 0 unspecified atom stereocenters. The fourth-order valence-electron chi connectivity index (χ4n) is 2.70. The van der Waals surface area contributed by atoms with Gasteiger partial charge in [0, 0.05) is 5.41 Å². The van der Waals surface area contributed by atoms with Crippen molar-refractivity contribution in [1.82, 2.24) is 0 Å². The molecule has 0 saturated heterocycles. The Kier molecular flexibility index (Phi) is 1.76. The van der Waals surface area contributed by atoms with Crippen molar-refractivity contribution in [3.63, 3.8) is 0 Å². The normalized spacial score (nSPS) is 32.2. The van der Waals surface area contributed by atoms with Gasteiger partial charge >= 0.3 is 0 Å². The first-order valence-corrected chi connectivity index (χ1v) is 5.02. The zero-order valence-corrected chi connectivity index (χ0v) is 8.26. The van der Waals surface area contributed by atoms with Gasteiger partial charge in [-0.25, -0.2) is 0 Å². The largest absolute Gasteiger partial charge is 0.504 e. The number of rotatable bonds is 0. The predicted molar refractivity (Wildman–Crippen MR) is 50.4 cm³/mol. The molecular weight excluding hydrogens is 164 g/mol. The molecular formula is C11H16O2.